The summed E-state index contributed by atoms with van der Waals surface area (Å²) < 4.78 is 0. The highest BCUT2D eigenvalue weighted by molar-refractivity contribution is 6.36. The van der Waals surface area contributed by atoms with Crippen LogP contribution in [0.15, 0.2) is 60.7 Å². The Labute approximate surface area is 280 Å². The fourth-order valence-electron chi connectivity index (χ4n) is 7.88. The molecule has 0 aromatic heterocycles. The number of rotatable bonds is 8. The van der Waals surface area contributed by atoms with Gasteiger partial charge in [-0.1, -0.05) is 62.8 Å². The topological polar surface area (TPSA) is 144 Å². The summed E-state index contributed by atoms with van der Waals surface area (Å²) in [5, 5.41) is 6.53. The quantitative estimate of drug-likeness (QED) is 0.0973. The number of hydrogen-bond donors (Lipinski definition) is 4. The molecule has 2 saturated carbocycles. The molecule has 0 unspecified atom stereocenters. The fraction of sp³-hybridized carbons (Fsp3) is 0.300. The summed E-state index contributed by atoms with van der Waals surface area (Å²) in [6.07, 6.45) is 13.3. The Kier molecular flexibility index (Phi) is 8.56. The Balaban J connectivity index is 1.27. The number of aldehydes is 2. The Morgan fingerprint density at radius 1 is 0.521 bits per heavy atom. The summed E-state index contributed by atoms with van der Waals surface area (Å²) in [4.78, 5) is 53.2. The Morgan fingerprint density at radius 3 is 1.21 bits per heavy atom. The zero-order valence-corrected chi connectivity index (χ0v) is 26.9. The van der Waals surface area contributed by atoms with Crippen molar-refractivity contribution in [1.82, 2.24) is 0 Å². The van der Waals surface area contributed by atoms with Gasteiger partial charge in [0.2, 0.25) is 0 Å². The molecule has 0 aliphatic heterocycles. The second kappa shape index (κ2) is 13.1. The average Bonchev–Trinajstić information content (AvgIpc) is 3.13. The van der Waals surface area contributed by atoms with Crippen molar-refractivity contribution < 1.29 is 19.2 Å². The van der Waals surface area contributed by atoms with E-state index in [9.17, 15) is 19.2 Å². The van der Waals surface area contributed by atoms with Crippen LogP contribution < -0.4 is 22.1 Å². The smallest absolute Gasteiger partial charge is 0.198 e. The Bertz CT molecular complexity index is 1780. The third-order valence-electron chi connectivity index (χ3n) is 10.5. The van der Waals surface area contributed by atoms with Crippen molar-refractivity contribution in [2.75, 3.05) is 22.1 Å². The van der Waals surface area contributed by atoms with Crippen molar-refractivity contribution in [3.05, 3.63) is 105 Å². The van der Waals surface area contributed by atoms with E-state index in [1.165, 1.54) is 87.5 Å². The lowest BCUT2D eigenvalue weighted by atomic mass is 9.79. The average molecular weight is 641 g/mol. The molecule has 0 atom stereocenters. The standard InChI is InChI=1S/C40H40N4O4/c41-37-27(21-45)19-31(43-29-15-11-25(12-16-29)23-7-3-1-4-8-23)33-35(37)40(48)34-32(20-28(22-46)38(42)36(34)39(33)47)44-30-17-13-26(14-18-30)24-9-5-2-6-10-24/h11-24,43-44H,1-10,41-42H2. The number of nitrogens with two attached hydrogens (primary N) is 2. The number of nitrogens with one attached hydrogen (secondary N) is 2. The van der Waals surface area contributed by atoms with Crippen molar-refractivity contribution in [2.24, 2.45) is 0 Å². The SMILES string of the molecule is Nc1c(C=O)cc(Nc2ccc(C3CCCCC3)cc2)c2c1C(=O)c1c(Nc3ccc(C4CCCCC4)cc3)cc(C=O)c(N)c1C2=O. The van der Waals surface area contributed by atoms with E-state index < -0.39 is 11.6 Å². The number of benzene rings is 4. The van der Waals surface area contributed by atoms with Crippen molar-refractivity contribution in [3.63, 3.8) is 0 Å². The predicted molar refractivity (Wildman–Crippen MR) is 190 cm³/mol. The van der Waals surface area contributed by atoms with Crippen LogP contribution in [0.5, 0.6) is 0 Å². The number of fused-ring (bicyclic) bond motifs is 2. The molecule has 0 amide bonds. The molecule has 7 rings (SSSR count). The summed E-state index contributed by atoms with van der Waals surface area (Å²) in [5.41, 5.74) is 17.2. The molecule has 0 spiro atoms. The molecule has 48 heavy (non-hydrogen) atoms. The molecule has 3 aliphatic rings. The van der Waals surface area contributed by atoms with Gasteiger partial charge in [0.25, 0.3) is 0 Å². The number of ketones is 2. The third kappa shape index (κ3) is 5.65. The van der Waals surface area contributed by atoms with Crippen molar-refractivity contribution >= 4 is 58.3 Å². The summed E-state index contributed by atoms with van der Waals surface area (Å²) in [6, 6.07) is 19.1. The van der Waals surface area contributed by atoms with Gasteiger partial charge in [-0.3, -0.25) is 19.2 Å². The minimum Gasteiger partial charge on any atom is -0.398 e. The molecule has 0 heterocycles. The van der Waals surface area contributed by atoms with Crippen LogP contribution in [0.4, 0.5) is 34.1 Å². The van der Waals surface area contributed by atoms with Crippen LogP contribution in [0, 0.1) is 0 Å². The maximum atomic E-state index is 14.4. The van der Waals surface area contributed by atoms with Crippen LogP contribution in [0.3, 0.4) is 0 Å². The highest BCUT2D eigenvalue weighted by Crippen LogP contribution is 2.44. The molecule has 8 nitrogen and oxygen atoms in total. The van der Waals surface area contributed by atoms with Crippen LogP contribution in [0.2, 0.25) is 0 Å². The van der Waals surface area contributed by atoms with Gasteiger partial charge in [0.05, 0.1) is 45.0 Å². The molecular weight excluding hydrogens is 600 g/mol. The second-order valence-electron chi connectivity index (χ2n) is 13.4. The number of carbonyl (C=O) groups is 4. The van der Waals surface area contributed by atoms with E-state index in [1.807, 2.05) is 24.3 Å². The van der Waals surface area contributed by atoms with Gasteiger partial charge in [0.1, 0.15) is 0 Å². The van der Waals surface area contributed by atoms with Crippen LogP contribution in [0.1, 0.15) is 140 Å². The fourth-order valence-corrected chi connectivity index (χ4v) is 7.88. The number of carbonyl (C=O) groups excluding carboxylic acids is 4. The minimum absolute atomic E-state index is 0.0180. The Hall–Kier alpha value is -5.24. The van der Waals surface area contributed by atoms with Gasteiger partial charge < -0.3 is 22.1 Å². The predicted octanol–water partition coefficient (Wildman–Crippen LogP) is 8.83. The summed E-state index contributed by atoms with van der Waals surface area (Å²) in [6.45, 7) is 0. The van der Waals surface area contributed by atoms with Crippen LogP contribution in [-0.4, -0.2) is 24.1 Å². The first kappa shape index (κ1) is 31.4. The highest BCUT2D eigenvalue weighted by Gasteiger charge is 2.39. The maximum Gasteiger partial charge on any atom is 0.198 e. The number of hydrogen-bond acceptors (Lipinski definition) is 8. The molecular formula is C40H40N4O4. The molecule has 6 N–H and O–H groups in total. The molecule has 4 aromatic rings. The van der Waals surface area contributed by atoms with Crippen molar-refractivity contribution in [1.29, 1.82) is 0 Å². The first-order chi connectivity index (χ1) is 23.4. The van der Waals surface area contributed by atoms with Crippen LogP contribution >= 0.6 is 0 Å². The first-order valence-electron chi connectivity index (χ1n) is 17.0. The Morgan fingerprint density at radius 2 is 0.875 bits per heavy atom. The highest BCUT2D eigenvalue weighted by atomic mass is 16.1. The van der Waals surface area contributed by atoms with Crippen LogP contribution in [-0.2, 0) is 0 Å². The van der Waals surface area contributed by atoms with Gasteiger partial charge in [0, 0.05) is 22.5 Å². The molecule has 0 saturated heterocycles. The summed E-state index contributed by atoms with van der Waals surface area (Å²) in [5.74, 6) is -0.0481. The summed E-state index contributed by atoms with van der Waals surface area (Å²) in [7, 11) is 0. The van der Waals surface area contributed by atoms with Gasteiger partial charge in [0.15, 0.2) is 24.1 Å². The van der Waals surface area contributed by atoms with E-state index in [-0.39, 0.29) is 56.1 Å². The van der Waals surface area contributed by atoms with Gasteiger partial charge >= 0.3 is 0 Å². The molecule has 2 fully saturated rings. The van der Waals surface area contributed by atoms with E-state index in [2.05, 4.69) is 34.9 Å². The molecule has 0 radical (unpaired) electrons. The van der Waals surface area contributed by atoms with Crippen LogP contribution in [0.25, 0.3) is 0 Å². The normalized spacial score (nSPS) is 16.6. The summed E-state index contributed by atoms with van der Waals surface area (Å²) >= 11 is 0. The van der Waals surface area contributed by atoms with Gasteiger partial charge in [-0.15, -0.1) is 0 Å². The third-order valence-corrected chi connectivity index (χ3v) is 10.5. The number of anilines is 6. The van der Waals surface area contributed by atoms with Crippen molar-refractivity contribution in [2.45, 2.75) is 76.0 Å². The lowest BCUT2D eigenvalue weighted by Crippen LogP contribution is -2.27. The lowest BCUT2D eigenvalue weighted by molar-refractivity contribution is 0.0981. The van der Waals surface area contributed by atoms with E-state index >= 15 is 0 Å². The van der Waals surface area contributed by atoms with Gasteiger partial charge in [-0.2, -0.15) is 0 Å². The van der Waals surface area contributed by atoms with Gasteiger partial charge in [-0.05, 0) is 85.0 Å². The molecule has 0 bridgehead atoms. The van der Waals surface area contributed by atoms with E-state index in [4.69, 9.17) is 11.5 Å². The monoisotopic (exact) mass is 640 g/mol. The molecule has 244 valence electrons. The second-order valence-corrected chi connectivity index (χ2v) is 13.4. The molecule has 4 aromatic carbocycles. The lowest BCUT2D eigenvalue weighted by Gasteiger charge is -2.27. The first-order valence-corrected chi connectivity index (χ1v) is 17.0. The van der Waals surface area contributed by atoms with Crippen molar-refractivity contribution in [3.8, 4) is 0 Å². The zero-order chi connectivity index (χ0) is 33.4. The van der Waals surface area contributed by atoms with E-state index in [1.54, 1.807) is 0 Å². The van der Waals surface area contributed by atoms with E-state index in [0.29, 0.717) is 35.8 Å². The largest absolute Gasteiger partial charge is 0.398 e. The minimum atomic E-state index is -0.554. The number of nitrogen functional groups attached to an aromatic ring is 2. The molecule has 8 heteroatoms. The zero-order valence-electron chi connectivity index (χ0n) is 26.9. The maximum absolute atomic E-state index is 14.4. The molecule has 3 aliphatic carbocycles. The van der Waals surface area contributed by atoms with E-state index in [0.717, 1.165) is 0 Å². The van der Waals surface area contributed by atoms with Gasteiger partial charge in [-0.25, -0.2) is 0 Å².